The fraction of sp³-hybridized carbons (Fsp3) is 0.321. The van der Waals surface area contributed by atoms with E-state index >= 15 is 0 Å². The van der Waals surface area contributed by atoms with Gasteiger partial charge in [-0.3, -0.25) is 24.8 Å². The van der Waals surface area contributed by atoms with Crippen LogP contribution in [0.15, 0.2) is 54.0 Å². The first kappa shape index (κ1) is 28.3. The van der Waals surface area contributed by atoms with Gasteiger partial charge in [-0.1, -0.05) is 12.1 Å². The fourth-order valence-electron chi connectivity index (χ4n) is 4.84. The zero-order valence-corrected chi connectivity index (χ0v) is 23.0. The number of halogens is 1. The number of pyridine rings is 1. The van der Waals surface area contributed by atoms with Crippen LogP contribution in [-0.2, 0) is 19.1 Å². The lowest BCUT2D eigenvalue weighted by molar-refractivity contribution is -0.152. The number of hydrogen-bond donors (Lipinski definition) is 4. The molecule has 5 rings (SSSR count). The van der Waals surface area contributed by atoms with Crippen LogP contribution in [0.3, 0.4) is 0 Å². The number of amidine groups is 1. The minimum atomic E-state index is -1.07. The maximum absolute atomic E-state index is 13.4. The molecule has 1 aromatic carbocycles. The lowest BCUT2D eigenvalue weighted by atomic mass is 10.1. The summed E-state index contributed by atoms with van der Waals surface area (Å²) in [6.07, 6.45) is 1.28. The number of hydrogen-bond acceptors (Lipinski definition) is 8. The van der Waals surface area contributed by atoms with Crippen molar-refractivity contribution in [3.63, 3.8) is 0 Å². The van der Waals surface area contributed by atoms with Crippen molar-refractivity contribution in [3.05, 3.63) is 75.9 Å². The van der Waals surface area contributed by atoms with E-state index in [1.807, 2.05) is 6.92 Å². The predicted molar refractivity (Wildman–Crippen MR) is 149 cm³/mol. The van der Waals surface area contributed by atoms with Crippen LogP contribution >= 0.6 is 11.3 Å². The summed E-state index contributed by atoms with van der Waals surface area (Å²) in [4.78, 5) is 45.6. The van der Waals surface area contributed by atoms with E-state index in [2.05, 4.69) is 15.6 Å². The number of nitrogen functional groups attached to an aromatic ring is 1. The molecule has 11 nitrogen and oxygen atoms in total. The molecule has 2 fully saturated rings. The molecule has 3 amide bonds. The first-order valence-corrected chi connectivity index (χ1v) is 13.8. The minimum absolute atomic E-state index is 0.0565. The highest BCUT2D eigenvalue weighted by molar-refractivity contribution is 7.10. The van der Waals surface area contributed by atoms with E-state index in [4.69, 9.17) is 20.6 Å². The second-order valence-corrected chi connectivity index (χ2v) is 10.8. The van der Waals surface area contributed by atoms with Crippen LogP contribution in [0.5, 0.6) is 0 Å². The van der Waals surface area contributed by atoms with Gasteiger partial charge in [-0.15, -0.1) is 11.3 Å². The van der Waals surface area contributed by atoms with E-state index in [1.165, 1.54) is 22.3 Å². The highest BCUT2D eigenvalue weighted by Crippen LogP contribution is 2.35. The number of benzene rings is 1. The van der Waals surface area contributed by atoms with Crippen molar-refractivity contribution >= 4 is 34.9 Å². The molecule has 0 saturated carbocycles. The van der Waals surface area contributed by atoms with Gasteiger partial charge in [0.25, 0.3) is 5.91 Å². The van der Waals surface area contributed by atoms with Crippen molar-refractivity contribution in [2.24, 2.45) is 5.73 Å². The summed E-state index contributed by atoms with van der Waals surface area (Å²) in [5.74, 6) is -2.86. The molecule has 4 heterocycles. The average Bonchev–Trinajstić information content (AvgIpc) is 3.73. The number of likely N-dealkylation sites (tertiary alicyclic amines) is 1. The molecule has 2 aromatic heterocycles. The molecule has 13 heteroatoms. The lowest BCUT2D eigenvalue weighted by Gasteiger charge is -2.25. The molecule has 1 spiro atoms. The summed E-state index contributed by atoms with van der Waals surface area (Å²) in [5.41, 5.74) is 7.73. The van der Waals surface area contributed by atoms with E-state index in [0.29, 0.717) is 35.6 Å². The Morgan fingerprint density at radius 2 is 1.93 bits per heavy atom. The molecule has 2 aliphatic heterocycles. The van der Waals surface area contributed by atoms with Gasteiger partial charge in [0.2, 0.25) is 11.8 Å². The third-order valence-electron chi connectivity index (χ3n) is 7.02. The zero-order valence-electron chi connectivity index (χ0n) is 22.2. The Morgan fingerprint density at radius 3 is 2.56 bits per heavy atom. The molecule has 0 unspecified atom stereocenters. The number of carbonyl (C=O) groups is 3. The van der Waals surface area contributed by atoms with Crippen LogP contribution in [0.2, 0.25) is 0 Å². The standard InChI is InChI=1S/C28H29FN6O5S/c1-16(23-10-19(14-41-23)25(30)31)34-27(38)22-11-28(39-8-9-40-28)15-35(22)24(36)13-33-26(37)18-4-2-17(3-5-18)21-7-6-20(29)12-32-21/h2-7,10,12,14,16,22H,8-9,11,13,15H2,1H3,(H3,30,31)(H,33,37)(H,34,38)/t16-,22+/m1/s1. The van der Waals surface area contributed by atoms with Crippen LogP contribution in [0, 0.1) is 11.2 Å². The Labute approximate surface area is 239 Å². The van der Waals surface area contributed by atoms with E-state index in [9.17, 15) is 18.8 Å². The summed E-state index contributed by atoms with van der Waals surface area (Å²) in [5, 5.41) is 14.9. The zero-order chi connectivity index (χ0) is 29.1. The number of aromatic nitrogens is 1. The second kappa shape index (κ2) is 11.7. The molecule has 0 aliphatic carbocycles. The van der Waals surface area contributed by atoms with E-state index < -0.39 is 29.5 Å². The molecule has 2 atom stereocenters. The highest BCUT2D eigenvalue weighted by atomic mass is 32.1. The summed E-state index contributed by atoms with van der Waals surface area (Å²) >= 11 is 1.37. The number of thiophene rings is 1. The first-order chi connectivity index (χ1) is 19.6. The molecular formula is C28H29FN6O5S. The number of amides is 3. The van der Waals surface area contributed by atoms with Gasteiger partial charge >= 0.3 is 0 Å². The summed E-state index contributed by atoms with van der Waals surface area (Å²) in [6.45, 7) is 2.25. The fourth-order valence-corrected chi connectivity index (χ4v) is 5.76. The maximum Gasteiger partial charge on any atom is 0.251 e. The molecule has 214 valence electrons. The van der Waals surface area contributed by atoms with Crippen LogP contribution in [0.1, 0.15) is 40.2 Å². The van der Waals surface area contributed by atoms with Crippen LogP contribution in [-0.4, -0.2) is 71.6 Å². The van der Waals surface area contributed by atoms with Gasteiger partial charge < -0.3 is 30.7 Å². The lowest BCUT2D eigenvalue weighted by Crippen LogP contribution is -2.49. The van der Waals surface area contributed by atoms with Gasteiger partial charge in [0.05, 0.1) is 44.2 Å². The van der Waals surface area contributed by atoms with Gasteiger partial charge in [0.15, 0.2) is 5.79 Å². The Morgan fingerprint density at radius 1 is 1.20 bits per heavy atom. The largest absolute Gasteiger partial charge is 0.384 e. The number of nitrogens with two attached hydrogens (primary N) is 1. The Kier molecular flexibility index (Phi) is 8.10. The molecule has 0 bridgehead atoms. The van der Waals surface area contributed by atoms with E-state index in [-0.39, 0.29) is 37.3 Å². The average molecular weight is 581 g/mol. The van der Waals surface area contributed by atoms with E-state index in [0.717, 1.165) is 11.1 Å². The second-order valence-electron chi connectivity index (χ2n) is 9.85. The minimum Gasteiger partial charge on any atom is -0.384 e. The van der Waals surface area contributed by atoms with Crippen molar-refractivity contribution in [2.75, 3.05) is 26.3 Å². The van der Waals surface area contributed by atoms with Crippen LogP contribution in [0.4, 0.5) is 4.39 Å². The molecule has 2 saturated heterocycles. The first-order valence-electron chi connectivity index (χ1n) is 12.9. The number of rotatable bonds is 8. The number of ether oxygens (including phenoxy) is 2. The van der Waals surface area contributed by atoms with E-state index in [1.54, 1.807) is 41.8 Å². The third-order valence-corrected chi connectivity index (χ3v) is 8.13. The number of nitrogens with zero attached hydrogens (tertiary/aromatic N) is 2. The van der Waals surface area contributed by atoms with Crippen molar-refractivity contribution in [3.8, 4) is 11.3 Å². The van der Waals surface area contributed by atoms with Crippen molar-refractivity contribution in [1.82, 2.24) is 20.5 Å². The normalized spacial score (nSPS) is 18.3. The van der Waals surface area contributed by atoms with Crippen molar-refractivity contribution < 1.29 is 28.2 Å². The van der Waals surface area contributed by atoms with Crippen LogP contribution in [0.25, 0.3) is 11.3 Å². The smallest absolute Gasteiger partial charge is 0.251 e. The molecule has 5 N–H and O–H groups in total. The molecule has 2 aliphatic rings. The highest BCUT2D eigenvalue weighted by Gasteiger charge is 2.52. The van der Waals surface area contributed by atoms with Gasteiger partial charge in [-0.05, 0) is 37.3 Å². The summed E-state index contributed by atoms with van der Waals surface area (Å²) in [6, 6.07) is 9.89. The Bertz CT molecular complexity index is 1460. The topological polar surface area (TPSA) is 160 Å². The summed E-state index contributed by atoms with van der Waals surface area (Å²) < 4.78 is 24.7. The number of nitrogens with one attached hydrogen (secondary N) is 3. The predicted octanol–water partition coefficient (Wildman–Crippen LogP) is 2.18. The molecule has 0 radical (unpaired) electrons. The third kappa shape index (κ3) is 6.26. The van der Waals surface area contributed by atoms with Crippen molar-refractivity contribution in [1.29, 1.82) is 5.41 Å². The Hall–Kier alpha value is -4.20. The number of carbonyl (C=O) groups excluding carboxylic acids is 3. The van der Waals surface area contributed by atoms with Gasteiger partial charge in [0, 0.05) is 33.4 Å². The monoisotopic (exact) mass is 580 g/mol. The Balaban J connectivity index is 1.22. The molecule has 3 aromatic rings. The molecular weight excluding hydrogens is 551 g/mol. The van der Waals surface area contributed by atoms with Gasteiger partial charge in [-0.25, -0.2) is 4.39 Å². The van der Waals surface area contributed by atoms with Crippen LogP contribution < -0.4 is 16.4 Å². The summed E-state index contributed by atoms with van der Waals surface area (Å²) in [7, 11) is 0. The molecule has 41 heavy (non-hydrogen) atoms. The van der Waals surface area contributed by atoms with Gasteiger partial charge in [-0.2, -0.15) is 0 Å². The maximum atomic E-state index is 13.4. The van der Waals surface area contributed by atoms with Crippen molar-refractivity contribution in [2.45, 2.75) is 31.2 Å². The quantitative estimate of drug-likeness (QED) is 0.235. The SMILES string of the molecule is C[C@@H](NC(=O)[C@@H]1CC2(CN1C(=O)CNC(=O)c1ccc(-c3ccc(F)cn3)cc1)OCCO2)c1cc(C(=N)N)cs1. The van der Waals surface area contributed by atoms with Gasteiger partial charge in [0.1, 0.15) is 17.7 Å².